The Morgan fingerprint density at radius 2 is 2.00 bits per heavy atom. The maximum atomic E-state index is 13.1. The van der Waals surface area contributed by atoms with Crippen LogP contribution in [0.25, 0.3) is 0 Å². The van der Waals surface area contributed by atoms with Crippen molar-refractivity contribution >= 4 is 15.9 Å². The van der Waals surface area contributed by atoms with E-state index in [1.54, 1.807) is 4.90 Å². The molecule has 1 aromatic rings. The average Bonchev–Trinajstić information content (AvgIpc) is 2.91. The first-order valence-corrected chi connectivity index (χ1v) is 7.95. The molecule has 0 spiro atoms. The third-order valence-corrected chi connectivity index (χ3v) is 4.76. The Kier molecular flexibility index (Phi) is 4.39. The summed E-state index contributed by atoms with van der Waals surface area (Å²) >= 11 is 0. The van der Waals surface area contributed by atoms with Crippen LogP contribution >= 0.6 is 0 Å². The fourth-order valence-corrected chi connectivity index (χ4v) is 3.42. The lowest BCUT2D eigenvalue weighted by Gasteiger charge is -2.21. The lowest BCUT2D eigenvalue weighted by atomic mass is 10.3. The van der Waals surface area contributed by atoms with Gasteiger partial charge in [0.15, 0.2) is 0 Å². The number of amides is 1. The summed E-state index contributed by atoms with van der Waals surface area (Å²) in [6.07, 6.45) is 1.88. The van der Waals surface area contributed by atoms with Gasteiger partial charge in [0.2, 0.25) is 15.9 Å². The summed E-state index contributed by atoms with van der Waals surface area (Å²) in [5.74, 6) is -0.881. The van der Waals surface area contributed by atoms with Crippen LogP contribution in [-0.2, 0) is 14.8 Å². The zero-order valence-electron chi connectivity index (χ0n) is 11.2. The van der Waals surface area contributed by atoms with E-state index in [4.69, 9.17) is 0 Å². The molecule has 1 saturated heterocycles. The number of benzene rings is 1. The van der Waals surface area contributed by atoms with Crippen LogP contribution in [0, 0.1) is 5.82 Å². The average molecular weight is 300 g/mol. The van der Waals surface area contributed by atoms with Gasteiger partial charge in [0.1, 0.15) is 5.82 Å². The summed E-state index contributed by atoms with van der Waals surface area (Å²) < 4.78 is 39.5. The Balaban J connectivity index is 2.09. The number of nitrogens with one attached hydrogen (secondary N) is 1. The van der Waals surface area contributed by atoms with Crippen molar-refractivity contribution in [2.24, 2.45) is 0 Å². The van der Waals surface area contributed by atoms with E-state index in [-0.39, 0.29) is 10.8 Å². The fraction of sp³-hybridized carbons (Fsp3) is 0.462. The molecule has 1 unspecified atom stereocenters. The molecule has 7 heteroatoms. The van der Waals surface area contributed by atoms with E-state index in [1.807, 2.05) is 0 Å². The van der Waals surface area contributed by atoms with Gasteiger partial charge in [0, 0.05) is 13.1 Å². The van der Waals surface area contributed by atoms with E-state index < -0.39 is 21.9 Å². The molecule has 1 N–H and O–H groups in total. The number of likely N-dealkylation sites (tertiary alicyclic amines) is 1. The van der Waals surface area contributed by atoms with Gasteiger partial charge in [-0.25, -0.2) is 12.8 Å². The van der Waals surface area contributed by atoms with Crippen molar-refractivity contribution in [3.05, 3.63) is 30.1 Å². The van der Waals surface area contributed by atoms with Crippen LogP contribution in [0.3, 0.4) is 0 Å². The first-order chi connectivity index (χ1) is 9.40. The Morgan fingerprint density at radius 3 is 2.60 bits per heavy atom. The van der Waals surface area contributed by atoms with Gasteiger partial charge in [-0.2, -0.15) is 4.72 Å². The number of rotatable bonds is 4. The third-order valence-electron chi connectivity index (χ3n) is 3.23. The maximum Gasteiger partial charge on any atom is 0.241 e. The molecule has 1 heterocycles. The quantitative estimate of drug-likeness (QED) is 0.906. The van der Waals surface area contributed by atoms with E-state index in [0.717, 1.165) is 25.0 Å². The molecular formula is C13H17FN2O3S. The van der Waals surface area contributed by atoms with E-state index >= 15 is 0 Å². The largest absolute Gasteiger partial charge is 0.341 e. The minimum atomic E-state index is -3.89. The van der Waals surface area contributed by atoms with Crippen molar-refractivity contribution in [3.8, 4) is 0 Å². The highest BCUT2D eigenvalue weighted by Gasteiger charge is 2.27. The molecule has 0 saturated carbocycles. The number of sulfonamides is 1. The zero-order chi connectivity index (χ0) is 14.8. The van der Waals surface area contributed by atoms with Gasteiger partial charge >= 0.3 is 0 Å². The van der Waals surface area contributed by atoms with Gasteiger partial charge in [-0.05, 0) is 38.0 Å². The molecule has 0 bridgehead atoms. The van der Waals surface area contributed by atoms with Crippen molar-refractivity contribution < 1.29 is 17.6 Å². The van der Waals surface area contributed by atoms with Crippen LogP contribution in [0.15, 0.2) is 29.2 Å². The van der Waals surface area contributed by atoms with E-state index in [0.29, 0.717) is 13.1 Å². The molecule has 5 nitrogen and oxygen atoms in total. The first-order valence-electron chi connectivity index (χ1n) is 6.47. The standard InChI is InChI=1S/C13H17FN2O3S/c1-10(13(17)16-7-2-3-8-16)15-20(18,19)12-6-4-5-11(14)9-12/h4-6,9-10,15H,2-3,7-8H2,1H3. The molecule has 1 aromatic carbocycles. The second-order valence-electron chi connectivity index (χ2n) is 4.83. The molecule has 0 aliphatic carbocycles. The molecule has 1 fully saturated rings. The number of carbonyl (C=O) groups is 1. The molecule has 110 valence electrons. The number of hydrogen-bond acceptors (Lipinski definition) is 3. The SMILES string of the molecule is CC(NS(=O)(=O)c1cccc(F)c1)C(=O)N1CCCC1. The Labute approximate surface area is 117 Å². The predicted molar refractivity (Wildman–Crippen MR) is 72.0 cm³/mol. The fourth-order valence-electron chi connectivity index (χ4n) is 2.20. The normalized spacial score (nSPS) is 17.2. The zero-order valence-corrected chi connectivity index (χ0v) is 12.0. The van der Waals surface area contributed by atoms with Crippen LogP contribution in [0.1, 0.15) is 19.8 Å². The topological polar surface area (TPSA) is 66.5 Å². The maximum absolute atomic E-state index is 13.1. The summed E-state index contributed by atoms with van der Waals surface area (Å²) in [5, 5.41) is 0. The summed E-state index contributed by atoms with van der Waals surface area (Å²) in [6, 6.07) is 3.84. The van der Waals surface area contributed by atoms with Gasteiger partial charge in [-0.15, -0.1) is 0 Å². The Morgan fingerprint density at radius 1 is 1.35 bits per heavy atom. The van der Waals surface area contributed by atoms with Crippen LogP contribution in [0.2, 0.25) is 0 Å². The molecule has 20 heavy (non-hydrogen) atoms. The van der Waals surface area contributed by atoms with Crippen molar-refractivity contribution in [1.82, 2.24) is 9.62 Å². The number of hydrogen-bond donors (Lipinski definition) is 1. The Hall–Kier alpha value is -1.47. The van der Waals surface area contributed by atoms with E-state index in [9.17, 15) is 17.6 Å². The van der Waals surface area contributed by atoms with Crippen LogP contribution in [-0.4, -0.2) is 38.4 Å². The molecule has 1 atom stereocenters. The van der Waals surface area contributed by atoms with Crippen LogP contribution < -0.4 is 4.72 Å². The van der Waals surface area contributed by atoms with Crippen LogP contribution in [0.4, 0.5) is 4.39 Å². The summed E-state index contributed by atoms with van der Waals surface area (Å²) in [4.78, 5) is 13.5. The molecule has 1 aliphatic heterocycles. The molecule has 0 radical (unpaired) electrons. The molecular weight excluding hydrogens is 283 g/mol. The highest BCUT2D eigenvalue weighted by molar-refractivity contribution is 7.89. The minimum Gasteiger partial charge on any atom is -0.341 e. The smallest absolute Gasteiger partial charge is 0.241 e. The predicted octanol–water partition coefficient (Wildman–Crippen LogP) is 1.11. The first kappa shape index (κ1) is 14.9. The van der Waals surface area contributed by atoms with Crippen LogP contribution in [0.5, 0.6) is 0 Å². The summed E-state index contributed by atoms with van der Waals surface area (Å²) in [7, 11) is -3.89. The molecule has 0 aromatic heterocycles. The van der Waals surface area contributed by atoms with E-state index in [1.165, 1.54) is 19.1 Å². The second-order valence-corrected chi connectivity index (χ2v) is 6.55. The van der Waals surface area contributed by atoms with Gasteiger partial charge < -0.3 is 4.90 Å². The minimum absolute atomic E-state index is 0.182. The second kappa shape index (κ2) is 5.88. The molecule has 1 amide bonds. The molecule has 2 rings (SSSR count). The van der Waals surface area contributed by atoms with Gasteiger partial charge in [-0.1, -0.05) is 6.07 Å². The number of carbonyl (C=O) groups excluding carboxylic acids is 1. The summed E-state index contributed by atoms with van der Waals surface area (Å²) in [5.41, 5.74) is 0. The van der Waals surface area contributed by atoms with Crippen molar-refractivity contribution in [2.45, 2.75) is 30.7 Å². The van der Waals surface area contributed by atoms with Gasteiger partial charge in [-0.3, -0.25) is 4.79 Å². The van der Waals surface area contributed by atoms with Crippen molar-refractivity contribution in [2.75, 3.05) is 13.1 Å². The van der Waals surface area contributed by atoms with E-state index in [2.05, 4.69) is 4.72 Å². The number of nitrogens with zero attached hydrogens (tertiary/aromatic N) is 1. The third kappa shape index (κ3) is 3.34. The lowest BCUT2D eigenvalue weighted by Crippen LogP contribution is -2.45. The van der Waals surface area contributed by atoms with Gasteiger partial charge in [0.25, 0.3) is 0 Å². The molecule has 1 aliphatic rings. The Bertz CT molecular complexity index is 597. The number of halogens is 1. The summed E-state index contributed by atoms with van der Waals surface area (Å²) in [6.45, 7) is 2.81. The highest BCUT2D eigenvalue weighted by atomic mass is 32.2. The van der Waals surface area contributed by atoms with Crippen molar-refractivity contribution in [3.63, 3.8) is 0 Å². The lowest BCUT2D eigenvalue weighted by molar-refractivity contribution is -0.131. The van der Waals surface area contributed by atoms with Gasteiger partial charge in [0.05, 0.1) is 10.9 Å². The van der Waals surface area contributed by atoms with Crippen molar-refractivity contribution in [1.29, 1.82) is 0 Å². The monoisotopic (exact) mass is 300 g/mol. The highest BCUT2D eigenvalue weighted by Crippen LogP contribution is 2.13.